The van der Waals surface area contributed by atoms with Gasteiger partial charge in [-0.05, 0) is 18.6 Å². The van der Waals surface area contributed by atoms with Crippen LogP contribution in [-0.2, 0) is 24.4 Å². The molecule has 9 heteroatoms. The van der Waals surface area contributed by atoms with E-state index in [-0.39, 0.29) is 30.4 Å². The van der Waals surface area contributed by atoms with Gasteiger partial charge < -0.3 is 15.5 Å². The van der Waals surface area contributed by atoms with E-state index in [1.807, 2.05) is 30.3 Å². The molecular formula is C24H24FN5O3. The van der Waals surface area contributed by atoms with E-state index in [0.717, 1.165) is 5.56 Å². The van der Waals surface area contributed by atoms with E-state index in [1.165, 1.54) is 21.7 Å². The Morgan fingerprint density at radius 3 is 2.48 bits per heavy atom. The molecule has 33 heavy (non-hydrogen) atoms. The van der Waals surface area contributed by atoms with Gasteiger partial charge in [0.2, 0.25) is 5.91 Å². The van der Waals surface area contributed by atoms with Crippen LogP contribution in [0.5, 0.6) is 0 Å². The summed E-state index contributed by atoms with van der Waals surface area (Å²) < 4.78 is 15.2. The van der Waals surface area contributed by atoms with E-state index >= 15 is 0 Å². The largest absolute Gasteiger partial charge is 0.350 e. The molecule has 8 nitrogen and oxygen atoms in total. The van der Waals surface area contributed by atoms with Gasteiger partial charge in [-0.1, -0.05) is 48.5 Å². The van der Waals surface area contributed by atoms with Gasteiger partial charge in [0.15, 0.2) is 5.69 Å². The number of aromatic nitrogens is 2. The number of fused-ring (bicyclic) bond motifs is 1. The maximum atomic E-state index is 13.8. The quantitative estimate of drug-likeness (QED) is 0.603. The summed E-state index contributed by atoms with van der Waals surface area (Å²) >= 11 is 0. The molecular weight excluding hydrogens is 425 g/mol. The Morgan fingerprint density at radius 1 is 1.06 bits per heavy atom. The van der Waals surface area contributed by atoms with Crippen LogP contribution in [0, 0.1) is 5.82 Å². The smallest absolute Gasteiger partial charge is 0.272 e. The molecule has 2 aromatic carbocycles. The molecule has 170 valence electrons. The second kappa shape index (κ2) is 8.85. The highest BCUT2D eigenvalue weighted by Gasteiger charge is 2.46. The van der Waals surface area contributed by atoms with Crippen LogP contribution in [0.2, 0.25) is 0 Å². The first-order valence-corrected chi connectivity index (χ1v) is 10.5. The zero-order valence-corrected chi connectivity index (χ0v) is 18.3. The van der Waals surface area contributed by atoms with Gasteiger partial charge in [0.1, 0.15) is 17.1 Å². The average molecular weight is 449 g/mol. The van der Waals surface area contributed by atoms with Crippen LogP contribution in [0.3, 0.4) is 0 Å². The lowest BCUT2D eigenvalue weighted by Crippen LogP contribution is -2.62. The van der Waals surface area contributed by atoms with Gasteiger partial charge in [-0.25, -0.2) is 4.39 Å². The number of carbonyl (C=O) groups is 3. The van der Waals surface area contributed by atoms with Crippen LogP contribution in [0.15, 0.2) is 60.7 Å². The Balaban J connectivity index is 1.48. The van der Waals surface area contributed by atoms with Crippen molar-refractivity contribution in [2.75, 3.05) is 7.05 Å². The zero-order chi connectivity index (χ0) is 23.6. The van der Waals surface area contributed by atoms with Crippen molar-refractivity contribution in [3.63, 3.8) is 0 Å². The van der Waals surface area contributed by atoms with Crippen molar-refractivity contribution in [1.29, 1.82) is 0 Å². The van der Waals surface area contributed by atoms with E-state index in [1.54, 1.807) is 32.2 Å². The highest BCUT2D eigenvalue weighted by atomic mass is 19.1. The monoisotopic (exact) mass is 449 g/mol. The fourth-order valence-corrected chi connectivity index (χ4v) is 3.71. The number of nitrogens with one attached hydrogen (secondary N) is 2. The molecule has 1 aliphatic heterocycles. The summed E-state index contributed by atoms with van der Waals surface area (Å²) in [6.07, 6.45) is 0. The number of amides is 3. The summed E-state index contributed by atoms with van der Waals surface area (Å²) in [7, 11) is 1.55. The summed E-state index contributed by atoms with van der Waals surface area (Å²) in [5, 5.41) is 9.74. The maximum Gasteiger partial charge on any atom is 0.272 e. The Morgan fingerprint density at radius 2 is 1.76 bits per heavy atom. The van der Waals surface area contributed by atoms with Crippen molar-refractivity contribution in [1.82, 2.24) is 25.3 Å². The van der Waals surface area contributed by atoms with Gasteiger partial charge in [-0.15, -0.1) is 0 Å². The fraction of sp³-hybridized carbons (Fsp3) is 0.250. The fourth-order valence-electron chi connectivity index (χ4n) is 3.71. The number of halogens is 1. The van der Waals surface area contributed by atoms with Crippen molar-refractivity contribution in [3.05, 3.63) is 89.0 Å². The Kier molecular flexibility index (Phi) is 5.95. The molecule has 0 aliphatic carbocycles. The predicted octanol–water partition coefficient (Wildman–Crippen LogP) is 2.11. The third kappa shape index (κ3) is 4.34. The zero-order valence-electron chi connectivity index (χ0n) is 18.3. The van der Waals surface area contributed by atoms with Gasteiger partial charge >= 0.3 is 0 Å². The Hall–Kier alpha value is -4.01. The van der Waals surface area contributed by atoms with Gasteiger partial charge in [0.05, 0.1) is 6.54 Å². The topological polar surface area (TPSA) is 96.3 Å². The standard InChI is InChI=1S/C24H24FN5O3/c1-24(23(33)27-13-16-8-4-3-5-9-16)15-30-20(22(32)29(24)2)12-19(28-30)21(31)26-14-17-10-6-7-11-18(17)25/h3-12H,13-15H2,1-2H3,(H,26,31)(H,27,33). The number of benzene rings is 2. The highest BCUT2D eigenvalue weighted by molar-refractivity contribution is 6.01. The molecule has 2 heterocycles. The summed E-state index contributed by atoms with van der Waals surface area (Å²) in [5.74, 6) is -1.70. The minimum atomic E-state index is -1.19. The number of likely N-dealkylation sites (N-methyl/N-ethyl adjacent to an activating group) is 1. The summed E-state index contributed by atoms with van der Waals surface area (Å²) in [6.45, 7) is 2.06. The van der Waals surface area contributed by atoms with Crippen molar-refractivity contribution in [2.24, 2.45) is 0 Å². The predicted molar refractivity (Wildman–Crippen MR) is 119 cm³/mol. The lowest BCUT2D eigenvalue weighted by Gasteiger charge is -2.40. The second-order valence-electron chi connectivity index (χ2n) is 8.15. The molecule has 0 saturated carbocycles. The van der Waals surface area contributed by atoms with Crippen LogP contribution in [0.25, 0.3) is 0 Å². The summed E-state index contributed by atoms with van der Waals surface area (Å²) in [4.78, 5) is 39.9. The van der Waals surface area contributed by atoms with E-state index in [0.29, 0.717) is 12.1 Å². The van der Waals surface area contributed by atoms with Crippen molar-refractivity contribution in [2.45, 2.75) is 32.1 Å². The van der Waals surface area contributed by atoms with Gasteiger partial charge in [0, 0.05) is 31.8 Å². The molecule has 1 aromatic heterocycles. The average Bonchev–Trinajstić information content (AvgIpc) is 3.25. The minimum Gasteiger partial charge on any atom is -0.350 e. The molecule has 0 radical (unpaired) electrons. The molecule has 4 rings (SSSR count). The summed E-state index contributed by atoms with van der Waals surface area (Å²) in [5.41, 5.74) is 0.325. The van der Waals surface area contributed by atoms with Crippen LogP contribution in [-0.4, -0.2) is 45.0 Å². The third-order valence-corrected chi connectivity index (χ3v) is 5.92. The summed E-state index contributed by atoms with van der Waals surface area (Å²) in [6, 6.07) is 17.0. The first kappa shape index (κ1) is 22.2. The first-order valence-electron chi connectivity index (χ1n) is 10.5. The number of carbonyl (C=O) groups excluding carboxylic acids is 3. The normalized spacial score (nSPS) is 17.4. The number of hydrogen-bond acceptors (Lipinski definition) is 4. The molecule has 0 fully saturated rings. The lowest BCUT2D eigenvalue weighted by atomic mass is 9.96. The number of hydrogen-bond donors (Lipinski definition) is 2. The first-order chi connectivity index (χ1) is 15.8. The molecule has 1 unspecified atom stereocenters. The lowest BCUT2D eigenvalue weighted by molar-refractivity contribution is -0.132. The van der Waals surface area contributed by atoms with E-state index in [9.17, 15) is 18.8 Å². The molecule has 0 bridgehead atoms. The molecule has 0 spiro atoms. The minimum absolute atomic E-state index is 0.0127. The molecule has 3 aromatic rings. The SMILES string of the molecule is CN1C(=O)c2cc(C(=O)NCc3ccccc3F)nn2CC1(C)C(=O)NCc1ccccc1. The molecule has 1 aliphatic rings. The van der Waals surface area contributed by atoms with Crippen LogP contribution >= 0.6 is 0 Å². The maximum absolute atomic E-state index is 13.8. The Bertz CT molecular complexity index is 1210. The Labute approximate surface area is 190 Å². The molecule has 3 amide bonds. The van der Waals surface area contributed by atoms with E-state index in [4.69, 9.17) is 0 Å². The molecule has 1 atom stereocenters. The number of rotatable bonds is 6. The van der Waals surface area contributed by atoms with E-state index < -0.39 is 23.2 Å². The second-order valence-corrected chi connectivity index (χ2v) is 8.15. The van der Waals surface area contributed by atoms with Gasteiger partial charge in [-0.3, -0.25) is 19.1 Å². The van der Waals surface area contributed by atoms with Crippen molar-refractivity contribution >= 4 is 17.7 Å². The van der Waals surface area contributed by atoms with Crippen LogP contribution in [0.1, 0.15) is 39.0 Å². The van der Waals surface area contributed by atoms with Gasteiger partial charge in [-0.2, -0.15) is 5.10 Å². The van der Waals surface area contributed by atoms with E-state index in [2.05, 4.69) is 15.7 Å². The van der Waals surface area contributed by atoms with Crippen LogP contribution < -0.4 is 10.6 Å². The van der Waals surface area contributed by atoms with Crippen LogP contribution in [0.4, 0.5) is 4.39 Å². The molecule has 0 saturated heterocycles. The van der Waals surface area contributed by atoms with Crippen molar-refractivity contribution in [3.8, 4) is 0 Å². The highest BCUT2D eigenvalue weighted by Crippen LogP contribution is 2.26. The number of nitrogens with zero attached hydrogens (tertiary/aromatic N) is 3. The molecule has 2 N–H and O–H groups in total. The van der Waals surface area contributed by atoms with Gasteiger partial charge in [0.25, 0.3) is 11.8 Å². The van der Waals surface area contributed by atoms with Crippen molar-refractivity contribution < 1.29 is 18.8 Å². The third-order valence-electron chi connectivity index (χ3n) is 5.92.